The van der Waals surface area contributed by atoms with Crippen molar-refractivity contribution in [2.24, 2.45) is 0 Å². The van der Waals surface area contributed by atoms with Crippen molar-refractivity contribution in [2.75, 3.05) is 12.4 Å². The molecule has 2 aromatic heterocycles. The van der Waals surface area contributed by atoms with Gasteiger partial charge in [-0.15, -0.1) is 11.3 Å². The molecule has 0 spiro atoms. The Balaban J connectivity index is 2.41. The number of aryl methyl sites for hydroxylation is 1. The van der Waals surface area contributed by atoms with E-state index in [4.69, 9.17) is 0 Å². The topological polar surface area (TPSA) is 37.8 Å². The molecule has 0 fully saturated rings. The summed E-state index contributed by atoms with van der Waals surface area (Å²) in [5, 5.41) is 3.00. The fraction of sp³-hybridized carbons (Fsp3) is 0.200. The van der Waals surface area contributed by atoms with Crippen molar-refractivity contribution >= 4 is 17.2 Å². The first-order chi connectivity index (χ1) is 6.79. The zero-order chi connectivity index (χ0) is 9.97. The molecule has 0 atom stereocenters. The molecule has 4 heteroatoms. The third kappa shape index (κ3) is 1.75. The van der Waals surface area contributed by atoms with E-state index in [1.54, 1.807) is 17.5 Å². The molecule has 0 amide bonds. The molecule has 72 valence electrons. The van der Waals surface area contributed by atoms with Crippen molar-refractivity contribution in [1.29, 1.82) is 0 Å². The predicted octanol–water partition coefficient (Wildman–Crippen LogP) is 2.56. The first-order valence-electron chi connectivity index (χ1n) is 4.37. The highest BCUT2D eigenvalue weighted by molar-refractivity contribution is 7.15. The lowest BCUT2D eigenvalue weighted by Crippen LogP contribution is -1.94. The van der Waals surface area contributed by atoms with Crippen LogP contribution in [0.1, 0.15) is 4.88 Å². The van der Waals surface area contributed by atoms with Gasteiger partial charge in [-0.2, -0.15) is 0 Å². The number of thiophene rings is 1. The number of hydrogen-bond donors (Lipinski definition) is 1. The Kier molecular flexibility index (Phi) is 2.45. The number of nitrogens with zero attached hydrogens (tertiary/aromatic N) is 2. The van der Waals surface area contributed by atoms with Gasteiger partial charge in [-0.25, -0.2) is 9.97 Å². The van der Waals surface area contributed by atoms with E-state index in [1.165, 1.54) is 4.88 Å². The smallest absolute Gasteiger partial charge is 0.171 e. The third-order valence-corrected chi connectivity index (χ3v) is 2.87. The van der Waals surface area contributed by atoms with Crippen LogP contribution < -0.4 is 5.32 Å². The Morgan fingerprint density at radius 2 is 2.14 bits per heavy atom. The summed E-state index contributed by atoms with van der Waals surface area (Å²) >= 11 is 1.71. The van der Waals surface area contributed by atoms with Crippen LogP contribution in [0.25, 0.3) is 10.7 Å². The number of nitrogens with one attached hydrogen (secondary N) is 1. The lowest BCUT2D eigenvalue weighted by atomic mass is 10.4. The fourth-order valence-corrected chi connectivity index (χ4v) is 1.98. The molecule has 0 radical (unpaired) electrons. The maximum absolute atomic E-state index is 4.36. The summed E-state index contributed by atoms with van der Waals surface area (Å²) in [5.74, 6) is 1.64. The van der Waals surface area contributed by atoms with Gasteiger partial charge in [-0.05, 0) is 25.1 Å². The number of hydrogen-bond acceptors (Lipinski definition) is 4. The molecular formula is C10H11N3S. The summed E-state index contributed by atoms with van der Waals surface area (Å²) in [6.45, 7) is 2.08. The van der Waals surface area contributed by atoms with Gasteiger partial charge in [0.15, 0.2) is 5.82 Å². The third-order valence-electron chi connectivity index (χ3n) is 1.87. The molecule has 0 bridgehead atoms. The van der Waals surface area contributed by atoms with Gasteiger partial charge in [-0.3, -0.25) is 0 Å². The van der Waals surface area contributed by atoms with E-state index in [2.05, 4.69) is 34.3 Å². The van der Waals surface area contributed by atoms with Crippen molar-refractivity contribution in [3.05, 3.63) is 29.3 Å². The molecule has 1 N–H and O–H groups in total. The zero-order valence-corrected chi connectivity index (χ0v) is 8.93. The second-order valence-corrected chi connectivity index (χ2v) is 4.21. The van der Waals surface area contributed by atoms with Crippen LogP contribution in [-0.4, -0.2) is 17.0 Å². The van der Waals surface area contributed by atoms with Crippen molar-refractivity contribution in [3.8, 4) is 10.7 Å². The van der Waals surface area contributed by atoms with Crippen LogP contribution in [0, 0.1) is 6.92 Å². The van der Waals surface area contributed by atoms with Crippen LogP contribution in [0.2, 0.25) is 0 Å². The first kappa shape index (κ1) is 9.15. The molecule has 3 nitrogen and oxygen atoms in total. The van der Waals surface area contributed by atoms with Gasteiger partial charge < -0.3 is 5.32 Å². The number of anilines is 1. The average Bonchev–Trinajstić information content (AvgIpc) is 2.65. The Morgan fingerprint density at radius 1 is 1.29 bits per heavy atom. The van der Waals surface area contributed by atoms with Crippen molar-refractivity contribution in [2.45, 2.75) is 6.92 Å². The van der Waals surface area contributed by atoms with Crippen molar-refractivity contribution in [1.82, 2.24) is 9.97 Å². The second kappa shape index (κ2) is 3.75. The molecule has 0 saturated heterocycles. The minimum atomic E-state index is 0.787. The van der Waals surface area contributed by atoms with Crippen molar-refractivity contribution in [3.63, 3.8) is 0 Å². The van der Waals surface area contributed by atoms with E-state index in [-0.39, 0.29) is 0 Å². The Labute approximate surface area is 86.8 Å². The van der Waals surface area contributed by atoms with E-state index in [0.717, 1.165) is 16.5 Å². The highest BCUT2D eigenvalue weighted by Gasteiger charge is 2.03. The van der Waals surface area contributed by atoms with Gasteiger partial charge >= 0.3 is 0 Å². The predicted molar refractivity (Wildman–Crippen MR) is 59.6 cm³/mol. The fourth-order valence-electron chi connectivity index (χ4n) is 1.17. The minimum absolute atomic E-state index is 0.787. The maximum Gasteiger partial charge on any atom is 0.171 e. The molecule has 14 heavy (non-hydrogen) atoms. The summed E-state index contributed by atoms with van der Waals surface area (Å²) < 4.78 is 0. The minimum Gasteiger partial charge on any atom is -0.373 e. The highest BCUT2D eigenvalue weighted by atomic mass is 32.1. The van der Waals surface area contributed by atoms with E-state index < -0.39 is 0 Å². The normalized spacial score (nSPS) is 10.1. The lowest BCUT2D eigenvalue weighted by Gasteiger charge is -1.99. The first-order valence-corrected chi connectivity index (χ1v) is 5.19. The number of aromatic nitrogens is 2. The maximum atomic E-state index is 4.36. The van der Waals surface area contributed by atoms with E-state index in [1.807, 2.05) is 13.1 Å². The standard InChI is InChI=1S/C10H11N3S/c1-7-3-4-8(14-7)10-12-6-5-9(11-2)13-10/h3-6H,1-2H3,(H,11,12,13). The average molecular weight is 205 g/mol. The van der Waals surface area contributed by atoms with Crippen LogP contribution in [0.4, 0.5) is 5.82 Å². The molecular weight excluding hydrogens is 194 g/mol. The molecule has 0 aromatic carbocycles. The van der Waals surface area contributed by atoms with Gasteiger partial charge in [0.25, 0.3) is 0 Å². The summed E-state index contributed by atoms with van der Waals surface area (Å²) in [5.41, 5.74) is 0. The van der Waals surface area contributed by atoms with Crippen LogP contribution >= 0.6 is 11.3 Å². The van der Waals surface area contributed by atoms with E-state index >= 15 is 0 Å². The molecule has 0 aliphatic carbocycles. The molecule has 2 rings (SSSR count). The van der Waals surface area contributed by atoms with Gasteiger partial charge in [-0.1, -0.05) is 0 Å². The van der Waals surface area contributed by atoms with Crippen molar-refractivity contribution < 1.29 is 0 Å². The Bertz CT molecular complexity index is 436. The summed E-state index contributed by atoms with van der Waals surface area (Å²) in [4.78, 5) is 11.0. The zero-order valence-electron chi connectivity index (χ0n) is 8.11. The molecule has 0 saturated carbocycles. The molecule has 2 heterocycles. The SMILES string of the molecule is CNc1ccnc(-c2ccc(C)s2)n1. The Hall–Kier alpha value is -1.42. The van der Waals surface area contributed by atoms with Gasteiger partial charge in [0.05, 0.1) is 4.88 Å². The second-order valence-electron chi connectivity index (χ2n) is 2.93. The molecule has 0 aliphatic heterocycles. The highest BCUT2D eigenvalue weighted by Crippen LogP contribution is 2.24. The molecule has 0 aliphatic rings. The van der Waals surface area contributed by atoms with Crippen LogP contribution in [0.15, 0.2) is 24.4 Å². The summed E-state index contributed by atoms with van der Waals surface area (Å²) in [6, 6.07) is 5.98. The van der Waals surface area contributed by atoms with Gasteiger partial charge in [0.1, 0.15) is 5.82 Å². The van der Waals surface area contributed by atoms with Crippen LogP contribution in [0.5, 0.6) is 0 Å². The summed E-state index contributed by atoms with van der Waals surface area (Å²) in [7, 11) is 1.85. The number of rotatable bonds is 2. The van der Waals surface area contributed by atoms with Crippen LogP contribution in [-0.2, 0) is 0 Å². The van der Waals surface area contributed by atoms with E-state index in [9.17, 15) is 0 Å². The Morgan fingerprint density at radius 3 is 2.79 bits per heavy atom. The molecule has 0 unspecified atom stereocenters. The lowest BCUT2D eigenvalue weighted by molar-refractivity contribution is 1.18. The van der Waals surface area contributed by atoms with Gasteiger partial charge in [0.2, 0.25) is 0 Å². The molecule has 2 aromatic rings. The van der Waals surface area contributed by atoms with Crippen LogP contribution in [0.3, 0.4) is 0 Å². The monoisotopic (exact) mass is 205 g/mol. The quantitative estimate of drug-likeness (QED) is 0.818. The largest absolute Gasteiger partial charge is 0.373 e. The van der Waals surface area contributed by atoms with E-state index in [0.29, 0.717) is 0 Å². The van der Waals surface area contributed by atoms with Gasteiger partial charge in [0, 0.05) is 18.1 Å². The summed E-state index contributed by atoms with van der Waals surface area (Å²) in [6.07, 6.45) is 1.77.